The molecule has 0 saturated carbocycles. The minimum Gasteiger partial charge on any atom is -0.320 e. The SMILES string of the molecule is Cc1n[nH]c2c1CN(C(=O)Nc1cccc(Cl)c1)CC2. The highest BCUT2D eigenvalue weighted by molar-refractivity contribution is 6.30. The van der Waals surface area contributed by atoms with Crippen LogP contribution in [0.1, 0.15) is 17.0 Å². The molecule has 20 heavy (non-hydrogen) atoms. The number of nitrogens with zero attached hydrogens (tertiary/aromatic N) is 2. The maximum atomic E-state index is 12.3. The zero-order valence-corrected chi connectivity index (χ0v) is 11.9. The summed E-state index contributed by atoms with van der Waals surface area (Å²) in [5.74, 6) is 0. The number of H-pyrrole nitrogens is 1. The van der Waals surface area contributed by atoms with Crippen molar-refractivity contribution in [3.05, 3.63) is 46.2 Å². The second kappa shape index (κ2) is 5.17. The number of fused-ring (bicyclic) bond motifs is 1. The van der Waals surface area contributed by atoms with E-state index in [0.29, 0.717) is 23.8 Å². The van der Waals surface area contributed by atoms with E-state index in [1.54, 1.807) is 17.0 Å². The first-order valence-corrected chi connectivity index (χ1v) is 6.85. The average Bonchev–Trinajstić information content (AvgIpc) is 2.80. The van der Waals surface area contributed by atoms with Crippen LogP contribution in [0.15, 0.2) is 24.3 Å². The van der Waals surface area contributed by atoms with E-state index in [1.165, 1.54) is 0 Å². The molecule has 2 N–H and O–H groups in total. The van der Waals surface area contributed by atoms with Crippen LogP contribution < -0.4 is 5.32 Å². The number of hydrogen-bond donors (Lipinski definition) is 2. The lowest BCUT2D eigenvalue weighted by atomic mass is 10.1. The van der Waals surface area contributed by atoms with Crippen molar-refractivity contribution < 1.29 is 4.79 Å². The standard InChI is InChI=1S/C14H15ClN4O/c1-9-12-8-19(6-5-13(12)18-17-9)14(20)16-11-4-2-3-10(15)7-11/h2-4,7H,5-6,8H2,1H3,(H,16,20)(H,17,18). The summed E-state index contributed by atoms with van der Waals surface area (Å²) in [6, 6.07) is 7.03. The minimum absolute atomic E-state index is 0.112. The second-order valence-corrected chi connectivity index (χ2v) is 5.31. The van der Waals surface area contributed by atoms with Gasteiger partial charge in [-0.15, -0.1) is 0 Å². The molecule has 2 aromatic rings. The third-order valence-electron chi connectivity index (χ3n) is 3.50. The average molecular weight is 291 g/mol. The third kappa shape index (κ3) is 2.49. The number of amides is 2. The number of aromatic amines is 1. The predicted molar refractivity (Wildman–Crippen MR) is 77.9 cm³/mol. The Balaban J connectivity index is 1.71. The molecule has 0 unspecified atom stereocenters. The van der Waals surface area contributed by atoms with Crippen molar-refractivity contribution in [3.63, 3.8) is 0 Å². The van der Waals surface area contributed by atoms with Gasteiger partial charge < -0.3 is 10.2 Å². The van der Waals surface area contributed by atoms with Gasteiger partial charge in [-0.3, -0.25) is 5.10 Å². The molecule has 104 valence electrons. The van der Waals surface area contributed by atoms with Gasteiger partial charge in [-0.25, -0.2) is 4.79 Å². The number of aromatic nitrogens is 2. The van der Waals surface area contributed by atoms with Crippen molar-refractivity contribution in [1.29, 1.82) is 0 Å². The number of aryl methyl sites for hydroxylation is 1. The summed E-state index contributed by atoms with van der Waals surface area (Å²) >= 11 is 5.91. The number of anilines is 1. The second-order valence-electron chi connectivity index (χ2n) is 4.88. The van der Waals surface area contributed by atoms with Crippen LogP contribution in [0.25, 0.3) is 0 Å². The van der Waals surface area contributed by atoms with Gasteiger partial charge >= 0.3 is 6.03 Å². The first kappa shape index (κ1) is 13.0. The van der Waals surface area contributed by atoms with E-state index in [9.17, 15) is 4.79 Å². The van der Waals surface area contributed by atoms with Gasteiger partial charge in [-0.05, 0) is 25.1 Å². The smallest absolute Gasteiger partial charge is 0.320 e. The van der Waals surface area contributed by atoms with Crippen molar-refractivity contribution in [2.45, 2.75) is 19.9 Å². The van der Waals surface area contributed by atoms with E-state index in [0.717, 1.165) is 23.4 Å². The highest BCUT2D eigenvalue weighted by Crippen LogP contribution is 2.21. The maximum Gasteiger partial charge on any atom is 0.322 e. The summed E-state index contributed by atoms with van der Waals surface area (Å²) in [6.07, 6.45) is 0.805. The zero-order valence-electron chi connectivity index (χ0n) is 11.1. The molecule has 0 fully saturated rings. The molecule has 0 atom stereocenters. The fourth-order valence-corrected chi connectivity index (χ4v) is 2.57. The number of hydrogen-bond acceptors (Lipinski definition) is 2. The Labute approximate surface area is 121 Å². The highest BCUT2D eigenvalue weighted by Gasteiger charge is 2.23. The van der Waals surface area contributed by atoms with Crippen LogP contribution in [-0.2, 0) is 13.0 Å². The maximum absolute atomic E-state index is 12.3. The van der Waals surface area contributed by atoms with Crippen molar-refractivity contribution in [1.82, 2.24) is 15.1 Å². The molecule has 0 radical (unpaired) electrons. The Hall–Kier alpha value is -2.01. The molecule has 6 heteroatoms. The van der Waals surface area contributed by atoms with Gasteiger partial charge in [-0.2, -0.15) is 5.10 Å². The van der Waals surface area contributed by atoms with Crippen LogP contribution in [0.5, 0.6) is 0 Å². The molecule has 1 aliphatic rings. The van der Waals surface area contributed by atoms with Crippen LogP contribution in [0.3, 0.4) is 0 Å². The quantitative estimate of drug-likeness (QED) is 0.848. The highest BCUT2D eigenvalue weighted by atomic mass is 35.5. The lowest BCUT2D eigenvalue weighted by molar-refractivity contribution is 0.206. The third-order valence-corrected chi connectivity index (χ3v) is 3.74. The Morgan fingerprint density at radius 3 is 3.15 bits per heavy atom. The van der Waals surface area contributed by atoms with Crippen LogP contribution >= 0.6 is 11.6 Å². The Morgan fingerprint density at radius 2 is 2.35 bits per heavy atom. The number of halogens is 1. The number of benzene rings is 1. The number of nitrogens with one attached hydrogen (secondary N) is 2. The topological polar surface area (TPSA) is 61.0 Å². The fourth-order valence-electron chi connectivity index (χ4n) is 2.38. The van der Waals surface area contributed by atoms with E-state index in [1.807, 2.05) is 19.1 Å². The fraction of sp³-hybridized carbons (Fsp3) is 0.286. The van der Waals surface area contributed by atoms with E-state index < -0.39 is 0 Å². The van der Waals surface area contributed by atoms with E-state index in [-0.39, 0.29) is 6.03 Å². The molecule has 0 aliphatic carbocycles. The normalized spacial score (nSPS) is 14.0. The molecular weight excluding hydrogens is 276 g/mol. The molecular formula is C14H15ClN4O. The summed E-state index contributed by atoms with van der Waals surface area (Å²) in [5, 5.41) is 10.7. The lowest BCUT2D eigenvalue weighted by Crippen LogP contribution is -2.38. The van der Waals surface area contributed by atoms with Crippen molar-refractivity contribution in [3.8, 4) is 0 Å². The molecule has 0 bridgehead atoms. The summed E-state index contributed by atoms with van der Waals surface area (Å²) in [7, 11) is 0. The molecule has 1 aromatic carbocycles. The van der Waals surface area contributed by atoms with Crippen molar-refractivity contribution in [2.75, 3.05) is 11.9 Å². The molecule has 2 heterocycles. The lowest BCUT2D eigenvalue weighted by Gasteiger charge is -2.27. The largest absolute Gasteiger partial charge is 0.322 e. The number of carbonyl (C=O) groups excluding carboxylic acids is 1. The van der Waals surface area contributed by atoms with Gasteiger partial charge in [-0.1, -0.05) is 17.7 Å². The summed E-state index contributed by atoms with van der Waals surface area (Å²) in [6.45, 7) is 3.22. The summed E-state index contributed by atoms with van der Waals surface area (Å²) in [5.41, 5.74) is 3.92. The monoisotopic (exact) mass is 290 g/mol. The summed E-state index contributed by atoms with van der Waals surface area (Å²) in [4.78, 5) is 14.0. The van der Waals surface area contributed by atoms with E-state index >= 15 is 0 Å². The molecule has 1 aromatic heterocycles. The molecule has 2 amide bonds. The van der Waals surface area contributed by atoms with Crippen LogP contribution in [0, 0.1) is 6.92 Å². The zero-order chi connectivity index (χ0) is 14.1. The molecule has 3 rings (SSSR count). The molecule has 0 spiro atoms. The van der Waals surface area contributed by atoms with Gasteiger partial charge in [0.25, 0.3) is 0 Å². The van der Waals surface area contributed by atoms with Crippen molar-refractivity contribution in [2.24, 2.45) is 0 Å². The molecule has 1 aliphatic heterocycles. The Morgan fingerprint density at radius 1 is 1.50 bits per heavy atom. The van der Waals surface area contributed by atoms with Gasteiger partial charge in [0.15, 0.2) is 0 Å². The summed E-state index contributed by atoms with van der Waals surface area (Å²) < 4.78 is 0. The number of urea groups is 1. The Kier molecular flexibility index (Phi) is 3.36. The van der Waals surface area contributed by atoms with E-state index in [4.69, 9.17) is 11.6 Å². The van der Waals surface area contributed by atoms with Crippen LogP contribution in [0.2, 0.25) is 5.02 Å². The predicted octanol–water partition coefficient (Wildman–Crippen LogP) is 2.96. The number of rotatable bonds is 1. The first-order valence-electron chi connectivity index (χ1n) is 6.47. The van der Waals surface area contributed by atoms with Gasteiger partial charge in [0.1, 0.15) is 0 Å². The van der Waals surface area contributed by atoms with E-state index in [2.05, 4.69) is 15.5 Å². The molecule has 0 saturated heterocycles. The van der Waals surface area contributed by atoms with Gasteiger partial charge in [0.2, 0.25) is 0 Å². The van der Waals surface area contributed by atoms with Gasteiger partial charge in [0.05, 0.1) is 12.2 Å². The van der Waals surface area contributed by atoms with Crippen LogP contribution in [-0.4, -0.2) is 27.7 Å². The number of carbonyl (C=O) groups is 1. The van der Waals surface area contributed by atoms with Gasteiger partial charge in [0, 0.05) is 34.9 Å². The Bertz CT molecular complexity index is 652. The van der Waals surface area contributed by atoms with Crippen LogP contribution in [0.4, 0.5) is 10.5 Å². The first-order chi connectivity index (χ1) is 9.63. The minimum atomic E-state index is -0.112. The van der Waals surface area contributed by atoms with Crippen molar-refractivity contribution >= 4 is 23.3 Å². The molecule has 5 nitrogen and oxygen atoms in total.